The second-order valence-corrected chi connectivity index (χ2v) is 9.29. The highest BCUT2D eigenvalue weighted by Gasteiger charge is 2.16. The van der Waals surface area contributed by atoms with Crippen LogP contribution in [-0.2, 0) is 0 Å². The number of nitrogens with zero attached hydrogens (tertiary/aromatic N) is 2. The van der Waals surface area contributed by atoms with Crippen LogP contribution in [0.4, 0.5) is 5.69 Å². The number of aromatic nitrogens is 1. The molecular weight excluding hydrogens is 488 g/mol. The zero-order chi connectivity index (χ0) is 27.8. The van der Waals surface area contributed by atoms with E-state index in [1.54, 1.807) is 28.4 Å². The van der Waals surface area contributed by atoms with Crippen LogP contribution in [0.1, 0.15) is 26.7 Å². The van der Waals surface area contributed by atoms with E-state index in [9.17, 15) is 0 Å². The molecule has 3 aromatic carbocycles. The maximum Gasteiger partial charge on any atom is 0.131 e. The van der Waals surface area contributed by atoms with Crippen molar-refractivity contribution in [3.63, 3.8) is 0 Å². The Morgan fingerprint density at radius 1 is 0.564 bits per heavy atom. The Morgan fingerprint density at radius 3 is 1.46 bits per heavy atom. The van der Waals surface area contributed by atoms with E-state index in [-0.39, 0.29) is 0 Å². The lowest BCUT2D eigenvalue weighted by Gasteiger charge is -2.24. The van der Waals surface area contributed by atoms with Crippen molar-refractivity contribution in [1.82, 2.24) is 4.98 Å². The van der Waals surface area contributed by atoms with Gasteiger partial charge in [0.2, 0.25) is 0 Å². The molecule has 0 atom stereocenters. The average molecular weight is 527 g/mol. The molecule has 4 aromatic rings. The van der Waals surface area contributed by atoms with E-state index >= 15 is 0 Å². The van der Waals surface area contributed by atoms with Gasteiger partial charge in [-0.15, -0.1) is 0 Å². The maximum atomic E-state index is 5.73. The predicted molar refractivity (Wildman–Crippen MR) is 160 cm³/mol. The normalized spacial score (nSPS) is 10.7. The van der Waals surface area contributed by atoms with Crippen LogP contribution in [-0.4, -0.2) is 46.5 Å². The lowest BCUT2D eigenvalue weighted by atomic mass is 9.98. The molecule has 1 aromatic heterocycles. The van der Waals surface area contributed by atoms with Gasteiger partial charge in [-0.05, 0) is 72.5 Å². The van der Waals surface area contributed by atoms with Crippen LogP contribution in [0.25, 0.3) is 33.6 Å². The summed E-state index contributed by atoms with van der Waals surface area (Å²) in [5.74, 6) is 2.83. The van der Waals surface area contributed by atoms with Gasteiger partial charge in [0.15, 0.2) is 0 Å². The van der Waals surface area contributed by atoms with Gasteiger partial charge >= 0.3 is 0 Å². The van der Waals surface area contributed by atoms with Crippen LogP contribution in [0, 0.1) is 0 Å². The number of ether oxygens (including phenoxy) is 4. The lowest BCUT2D eigenvalue weighted by molar-refractivity contribution is 0.395. The van der Waals surface area contributed by atoms with E-state index in [0.717, 1.165) is 71.1 Å². The molecule has 204 valence electrons. The lowest BCUT2D eigenvalue weighted by Crippen LogP contribution is -2.24. The number of pyridine rings is 1. The summed E-state index contributed by atoms with van der Waals surface area (Å²) in [7, 11) is 6.61. The second-order valence-electron chi connectivity index (χ2n) is 9.29. The van der Waals surface area contributed by atoms with Crippen molar-refractivity contribution in [2.45, 2.75) is 26.7 Å². The Bertz CT molecular complexity index is 1310. The predicted octanol–water partition coefficient (Wildman–Crippen LogP) is 7.74. The molecule has 0 bridgehead atoms. The largest absolute Gasteiger partial charge is 0.497 e. The fourth-order valence-corrected chi connectivity index (χ4v) is 4.77. The molecule has 0 amide bonds. The minimum Gasteiger partial charge on any atom is -0.497 e. The quantitative estimate of drug-likeness (QED) is 0.188. The van der Waals surface area contributed by atoms with Crippen molar-refractivity contribution in [1.29, 1.82) is 0 Å². The summed E-state index contributed by atoms with van der Waals surface area (Å²) in [6, 6.07) is 24.6. The highest BCUT2D eigenvalue weighted by atomic mass is 16.5. The van der Waals surface area contributed by atoms with Gasteiger partial charge in [0.05, 0.1) is 39.8 Å². The van der Waals surface area contributed by atoms with Crippen LogP contribution >= 0.6 is 0 Å². The average Bonchev–Trinajstić information content (AvgIpc) is 3.00. The molecule has 6 heteroatoms. The number of benzene rings is 3. The van der Waals surface area contributed by atoms with Crippen LogP contribution in [0.3, 0.4) is 0 Å². The van der Waals surface area contributed by atoms with E-state index < -0.39 is 0 Å². The first-order valence-electron chi connectivity index (χ1n) is 13.4. The highest BCUT2D eigenvalue weighted by molar-refractivity contribution is 5.81. The summed E-state index contributed by atoms with van der Waals surface area (Å²) < 4.78 is 22.3. The van der Waals surface area contributed by atoms with E-state index in [1.165, 1.54) is 5.69 Å². The summed E-state index contributed by atoms with van der Waals surface area (Å²) in [6.07, 6.45) is 2.23. The van der Waals surface area contributed by atoms with Gasteiger partial charge in [-0.25, -0.2) is 4.98 Å². The van der Waals surface area contributed by atoms with E-state index in [0.29, 0.717) is 11.5 Å². The van der Waals surface area contributed by atoms with Gasteiger partial charge in [0.25, 0.3) is 0 Å². The van der Waals surface area contributed by atoms with Crippen molar-refractivity contribution >= 4 is 5.69 Å². The van der Waals surface area contributed by atoms with Crippen molar-refractivity contribution < 1.29 is 18.9 Å². The third-order valence-corrected chi connectivity index (χ3v) is 6.75. The van der Waals surface area contributed by atoms with Gasteiger partial charge in [0, 0.05) is 42.0 Å². The molecule has 0 aliphatic carbocycles. The van der Waals surface area contributed by atoms with Crippen molar-refractivity contribution in [3.8, 4) is 56.6 Å². The highest BCUT2D eigenvalue weighted by Crippen LogP contribution is 2.39. The van der Waals surface area contributed by atoms with Crippen LogP contribution < -0.4 is 23.8 Å². The molecule has 0 saturated carbocycles. The third kappa shape index (κ3) is 6.28. The van der Waals surface area contributed by atoms with Crippen LogP contribution in [0.2, 0.25) is 0 Å². The summed E-state index contributed by atoms with van der Waals surface area (Å²) in [5, 5.41) is 0. The molecule has 0 unspecified atom stereocenters. The second kappa shape index (κ2) is 13.1. The molecule has 1 heterocycles. The SMILES string of the molecule is CCCN(CCC)c1ccc(-c2cc(-c3ccc(OC)cc3OC)nc(-c3ccc(OC)cc3OC)c2)cc1. The summed E-state index contributed by atoms with van der Waals surface area (Å²) >= 11 is 0. The number of hydrogen-bond acceptors (Lipinski definition) is 6. The fourth-order valence-electron chi connectivity index (χ4n) is 4.77. The Hall–Kier alpha value is -4.19. The molecule has 0 spiro atoms. The number of methoxy groups -OCH3 is 4. The zero-order valence-electron chi connectivity index (χ0n) is 23.8. The van der Waals surface area contributed by atoms with Crippen molar-refractivity contribution in [2.75, 3.05) is 46.4 Å². The molecular formula is C33H38N2O4. The Labute approximate surface area is 232 Å². The summed E-state index contributed by atoms with van der Waals surface area (Å²) in [4.78, 5) is 7.51. The fraction of sp³-hybridized carbons (Fsp3) is 0.303. The minimum atomic E-state index is 0.691. The van der Waals surface area contributed by atoms with Gasteiger partial charge < -0.3 is 23.8 Å². The van der Waals surface area contributed by atoms with Crippen LogP contribution in [0.15, 0.2) is 72.8 Å². The van der Waals surface area contributed by atoms with Crippen molar-refractivity contribution in [3.05, 3.63) is 72.8 Å². The molecule has 4 rings (SSSR count). The number of rotatable bonds is 12. The van der Waals surface area contributed by atoms with E-state index in [2.05, 4.69) is 55.1 Å². The van der Waals surface area contributed by atoms with Gasteiger partial charge in [0.1, 0.15) is 23.0 Å². The molecule has 0 aliphatic rings. The molecule has 6 nitrogen and oxygen atoms in total. The third-order valence-electron chi connectivity index (χ3n) is 6.75. The summed E-state index contributed by atoms with van der Waals surface area (Å²) in [6.45, 7) is 6.53. The molecule has 0 radical (unpaired) electrons. The van der Waals surface area contributed by atoms with E-state index in [4.69, 9.17) is 23.9 Å². The maximum absolute atomic E-state index is 5.73. The Kier molecular flexibility index (Phi) is 9.31. The monoisotopic (exact) mass is 526 g/mol. The Morgan fingerprint density at radius 2 is 1.05 bits per heavy atom. The number of hydrogen-bond donors (Lipinski definition) is 0. The van der Waals surface area contributed by atoms with E-state index in [1.807, 2.05) is 36.4 Å². The molecule has 39 heavy (non-hydrogen) atoms. The molecule has 0 fully saturated rings. The molecule has 0 N–H and O–H groups in total. The van der Waals surface area contributed by atoms with Crippen molar-refractivity contribution in [2.24, 2.45) is 0 Å². The molecule has 0 aliphatic heterocycles. The smallest absolute Gasteiger partial charge is 0.131 e. The molecule has 0 saturated heterocycles. The summed E-state index contributed by atoms with van der Waals surface area (Å²) in [5.41, 5.74) is 6.74. The number of anilines is 1. The zero-order valence-corrected chi connectivity index (χ0v) is 23.8. The first-order chi connectivity index (χ1) is 19.0. The first-order valence-corrected chi connectivity index (χ1v) is 13.4. The minimum absolute atomic E-state index is 0.691. The van der Waals surface area contributed by atoms with Gasteiger partial charge in [-0.2, -0.15) is 0 Å². The standard InChI is InChI=1S/C33H38N2O4/c1-7-17-35(18-8-2)25-11-9-23(10-12-25)24-19-30(28-15-13-26(36-3)21-32(28)38-5)34-31(20-24)29-16-14-27(37-4)22-33(29)39-6/h9-16,19-22H,7-8,17-18H2,1-6H3. The van der Waals surface area contributed by atoms with Gasteiger partial charge in [-0.1, -0.05) is 26.0 Å². The Balaban J connectivity index is 1.87. The van der Waals surface area contributed by atoms with Crippen LogP contribution in [0.5, 0.6) is 23.0 Å². The topological polar surface area (TPSA) is 53.1 Å². The van der Waals surface area contributed by atoms with Gasteiger partial charge in [-0.3, -0.25) is 0 Å². The first kappa shape index (κ1) is 27.8.